The van der Waals surface area contributed by atoms with Crippen molar-refractivity contribution < 1.29 is 0 Å². The van der Waals surface area contributed by atoms with E-state index in [4.69, 9.17) is 4.98 Å². The Balaban J connectivity index is 1.98. The first kappa shape index (κ1) is 16.3. The largest absolute Gasteiger partial charge is 0.308 e. The van der Waals surface area contributed by atoms with E-state index in [0.717, 1.165) is 33.7 Å². The highest BCUT2D eigenvalue weighted by Gasteiger charge is 2.15. The van der Waals surface area contributed by atoms with Crippen LogP contribution in [0.15, 0.2) is 78.9 Å². The Morgan fingerprint density at radius 1 is 0.615 bits per heavy atom. The predicted molar refractivity (Wildman–Crippen MR) is 111 cm³/mol. The Hall–Kier alpha value is -3.13. The molecule has 4 aromatic rings. The van der Waals surface area contributed by atoms with Gasteiger partial charge in [0.2, 0.25) is 0 Å². The molecule has 0 spiro atoms. The van der Waals surface area contributed by atoms with Crippen molar-refractivity contribution in [2.24, 2.45) is 0 Å². The molecule has 1 aromatic heterocycles. The van der Waals surface area contributed by atoms with E-state index >= 15 is 0 Å². The molecule has 0 bridgehead atoms. The number of aryl methyl sites for hydroxylation is 3. The molecular formula is C24H22N2. The first-order valence-electron chi connectivity index (χ1n) is 8.92. The third-order valence-electron chi connectivity index (χ3n) is 4.66. The number of nitrogens with zero attached hydrogens (tertiary/aromatic N) is 2. The molecule has 0 fully saturated rings. The van der Waals surface area contributed by atoms with Crippen LogP contribution >= 0.6 is 0 Å². The minimum atomic E-state index is 1.02. The molecule has 0 aliphatic carbocycles. The van der Waals surface area contributed by atoms with Gasteiger partial charge in [-0.25, -0.2) is 0 Å². The topological polar surface area (TPSA) is 16.1 Å². The summed E-state index contributed by atoms with van der Waals surface area (Å²) >= 11 is 0. The number of hydrogen-bond donors (Lipinski definition) is 0. The number of rotatable bonds is 3. The van der Waals surface area contributed by atoms with Gasteiger partial charge in [0.15, 0.2) is 0 Å². The third kappa shape index (κ3) is 3.06. The maximum absolute atomic E-state index is 4.84. The first-order valence-corrected chi connectivity index (χ1v) is 8.92. The second-order valence-corrected chi connectivity index (χ2v) is 6.81. The van der Waals surface area contributed by atoms with Crippen molar-refractivity contribution in [2.75, 3.05) is 4.90 Å². The molecule has 1 heterocycles. The van der Waals surface area contributed by atoms with Gasteiger partial charge in [-0.15, -0.1) is 0 Å². The van der Waals surface area contributed by atoms with Crippen LogP contribution in [-0.2, 0) is 0 Å². The lowest BCUT2D eigenvalue weighted by molar-refractivity contribution is 1.22. The standard InChI is InChI=1S/C24H22N2/c1-17-7-13-21(14-8-17)26(22-15-9-18(2)10-16-22)23-6-4-5-20-12-11-19(3)25-24(20)23/h4-16H,1-3H3. The van der Waals surface area contributed by atoms with Crippen LogP contribution in [0.2, 0.25) is 0 Å². The molecule has 0 amide bonds. The molecular weight excluding hydrogens is 316 g/mol. The van der Waals surface area contributed by atoms with Gasteiger partial charge < -0.3 is 4.90 Å². The minimum Gasteiger partial charge on any atom is -0.308 e. The van der Waals surface area contributed by atoms with E-state index in [1.165, 1.54) is 11.1 Å². The fraction of sp³-hybridized carbons (Fsp3) is 0.125. The Morgan fingerprint density at radius 3 is 1.77 bits per heavy atom. The van der Waals surface area contributed by atoms with Crippen LogP contribution in [0, 0.1) is 20.8 Å². The predicted octanol–water partition coefficient (Wildman–Crippen LogP) is 6.63. The van der Waals surface area contributed by atoms with Gasteiger partial charge in [0.25, 0.3) is 0 Å². The molecule has 2 heteroatoms. The Bertz CT molecular complexity index is 1000. The van der Waals surface area contributed by atoms with Crippen LogP contribution in [0.4, 0.5) is 17.1 Å². The van der Waals surface area contributed by atoms with Crippen LogP contribution in [0.1, 0.15) is 16.8 Å². The minimum absolute atomic E-state index is 1.02. The van der Waals surface area contributed by atoms with Crippen LogP contribution in [0.25, 0.3) is 10.9 Å². The fourth-order valence-electron chi connectivity index (χ4n) is 3.22. The zero-order chi connectivity index (χ0) is 18.1. The van der Waals surface area contributed by atoms with E-state index in [-0.39, 0.29) is 0 Å². The summed E-state index contributed by atoms with van der Waals surface area (Å²) in [7, 11) is 0. The molecule has 3 aromatic carbocycles. The number of para-hydroxylation sites is 1. The Morgan fingerprint density at radius 2 is 1.19 bits per heavy atom. The highest BCUT2D eigenvalue weighted by Crippen LogP contribution is 2.38. The van der Waals surface area contributed by atoms with E-state index in [0.29, 0.717) is 0 Å². The number of hydrogen-bond acceptors (Lipinski definition) is 2. The van der Waals surface area contributed by atoms with Crippen molar-refractivity contribution in [2.45, 2.75) is 20.8 Å². The molecule has 2 nitrogen and oxygen atoms in total. The van der Waals surface area contributed by atoms with E-state index in [2.05, 4.69) is 97.6 Å². The number of pyridine rings is 1. The van der Waals surface area contributed by atoms with Crippen molar-refractivity contribution in [3.05, 3.63) is 95.7 Å². The first-order chi connectivity index (χ1) is 12.6. The maximum atomic E-state index is 4.84. The molecule has 0 unspecified atom stereocenters. The molecule has 0 aliphatic rings. The van der Waals surface area contributed by atoms with Crippen molar-refractivity contribution in [1.82, 2.24) is 4.98 Å². The smallest absolute Gasteiger partial charge is 0.0945 e. The molecule has 26 heavy (non-hydrogen) atoms. The lowest BCUT2D eigenvalue weighted by Crippen LogP contribution is -2.11. The fourth-order valence-corrected chi connectivity index (χ4v) is 3.22. The van der Waals surface area contributed by atoms with Gasteiger partial charge in [-0.2, -0.15) is 0 Å². The zero-order valence-electron chi connectivity index (χ0n) is 15.4. The van der Waals surface area contributed by atoms with Crippen LogP contribution in [0.5, 0.6) is 0 Å². The second-order valence-electron chi connectivity index (χ2n) is 6.81. The van der Waals surface area contributed by atoms with Crippen LogP contribution in [0.3, 0.4) is 0 Å². The monoisotopic (exact) mass is 338 g/mol. The van der Waals surface area contributed by atoms with Gasteiger partial charge >= 0.3 is 0 Å². The summed E-state index contributed by atoms with van der Waals surface area (Å²) in [6, 6.07) is 27.9. The number of fused-ring (bicyclic) bond motifs is 1. The molecule has 0 saturated carbocycles. The van der Waals surface area contributed by atoms with Gasteiger partial charge in [0, 0.05) is 22.5 Å². The summed E-state index contributed by atoms with van der Waals surface area (Å²) in [5, 5.41) is 1.15. The van der Waals surface area contributed by atoms with Crippen LogP contribution in [-0.4, -0.2) is 4.98 Å². The van der Waals surface area contributed by atoms with E-state index < -0.39 is 0 Å². The Kier molecular flexibility index (Phi) is 4.18. The van der Waals surface area contributed by atoms with Crippen molar-refractivity contribution in [3.8, 4) is 0 Å². The molecule has 0 aliphatic heterocycles. The third-order valence-corrected chi connectivity index (χ3v) is 4.66. The van der Waals surface area contributed by atoms with E-state index in [9.17, 15) is 0 Å². The highest BCUT2D eigenvalue weighted by molar-refractivity contribution is 5.96. The Labute approximate surface area is 154 Å². The molecule has 0 N–H and O–H groups in total. The summed E-state index contributed by atoms with van der Waals surface area (Å²) in [5.74, 6) is 0. The molecule has 0 radical (unpaired) electrons. The normalized spacial score (nSPS) is 10.9. The van der Waals surface area contributed by atoms with E-state index in [1.807, 2.05) is 6.92 Å². The van der Waals surface area contributed by atoms with Gasteiger partial charge in [0.05, 0.1) is 11.2 Å². The van der Waals surface area contributed by atoms with Crippen molar-refractivity contribution in [3.63, 3.8) is 0 Å². The second kappa shape index (κ2) is 6.64. The summed E-state index contributed by atoms with van der Waals surface area (Å²) < 4.78 is 0. The molecule has 128 valence electrons. The number of aromatic nitrogens is 1. The summed E-state index contributed by atoms with van der Waals surface area (Å²) in [6.07, 6.45) is 0. The maximum Gasteiger partial charge on any atom is 0.0945 e. The number of benzene rings is 3. The quantitative estimate of drug-likeness (QED) is 0.417. The van der Waals surface area contributed by atoms with Crippen molar-refractivity contribution >= 4 is 28.0 Å². The summed E-state index contributed by atoms with van der Waals surface area (Å²) in [4.78, 5) is 7.13. The lowest BCUT2D eigenvalue weighted by Gasteiger charge is -2.26. The summed E-state index contributed by atoms with van der Waals surface area (Å²) in [5.41, 5.74) is 7.92. The lowest BCUT2D eigenvalue weighted by atomic mass is 10.1. The average Bonchev–Trinajstić information content (AvgIpc) is 2.65. The SMILES string of the molecule is Cc1ccc(N(c2ccc(C)cc2)c2cccc3ccc(C)nc23)cc1. The molecule has 0 atom stereocenters. The summed E-state index contributed by atoms with van der Waals surface area (Å²) in [6.45, 7) is 6.27. The highest BCUT2D eigenvalue weighted by atomic mass is 15.1. The van der Waals surface area contributed by atoms with Gasteiger partial charge in [-0.1, -0.05) is 53.6 Å². The average molecular weight is 338 g/mol. The van der Waals surface area contributed by atoms with Crippen LogP contribution < -0.4 is 4.90 Å². The number of anilines is 3. The van der Waals surface area contributed by atoms with Gasteiger partial charge in [-0.3, -0.25) is 4.98 Å². The zero-order valence-corrected chi connectivity index (χ0v) is 15.4. The molecule has 0 saturated heterocycles. The van der Waals surface area contributed by atoms with Gasteiger partial charge in [-0.05, 0) is 57.2 Å². The van der Waals surface area contributed by atoms with E-state index in [1.54, 1.807) is 0 Å². The van der Waals surface area contributed by atoms with Crippen molar-refractivity contribution in [1.29, 1.82) is 0 Å². The van der Waals surface area contributed by atoms with Gasteiger partial charge in [0.1, 0.15) is 0 Å². The molecule has 4 rings (SSSR count).